The molecular weight excluding hydrogens is 259 g/mol. The van der Waals surface area contributed by atoms with Crippen LogP contribution in [0.2, 0.25) is 0 Å². The number of hydrogen-bond acceptors (Lipinski definition) is 2. The molecule has 0 unspecified atom stereocenters. The van der Waals surface area contributed by atoms with Crippen molar-refractivity contribution in [1.29, 1.82) is 0 Å². The van der Waals surface area contributed by atoms with Gasteiger partial charge in [0, 0.05) is 18.2 Å². The van der Waals surface area contributed by atoms with Gasteiger partial charge >= 0.3 is 5.97 Å². The molecule has 0 aromatic heterocycles. The van der Waals surface area contributed by atoms with E-state index in [1.165, 1.54) is 12.1 Å². The minimum absolute atomic E-state index is 0.243. The van der Waals surface area contributed by atoms with Crippen LogP contribution in [0.3, 0.4) is 0 Å². The standard InChI is InChI=1S/C16H21FO3/c1-12(2)4-3-9-20-11-14-7-5-13(10-15(14)17)6-8-16(18)19/h5-8,10,12H,3-4,9,11H2,1-2H3,(H,18,19). The van der Waals surface area contributed by atoms with Gasteiger partial charge in [0.2, 0.25) is 0 Å². The van der Waals surface area contributed by atoms with Gasteiger partial charge in [-0.3, -0.25) is 0 Å². The van der Waals surface area contributed by atoms with Crippen LogP contribution >= 0.6 is 0 Å². The zero-order valence-electron chi connectivity index (χ0n) is 11.9. The average Bonchev–Trinajstić information content (AvgIpc) is 2.37. The van der Waals surface area contributed by atoms with Crippen molar-refractivity contribution in [3.8, 4) is 0 Å². The van der Waals surface area contributed by atoms with Gasteiger partial charge in [-0.05, 0) is 36.5 Å². The summed E-state index contributed by atoms with van der Waals surface area (Å²) in [5.74, 6) is -0.778. The number of halogens is 1. The molecular formula is C16H21FO3. The Morgan fingerprint density at radius 2 is 2.20 bits per heavy atom. The molecule has 0 amide bonds. The summed E-state index contributed by atoms with van der Waals surface area (Å²) in [5, 5.41) is 8.50. The quantitative estimate of drug-likeness (QED) is 0.580. The number of rotatable bonds is 8. The minimum Gasteiger partial charge on any atom is -0.478 e. The number of hydrogen-bond donors (Lipinski definition) is 1. The van der Waals surface area contributed by atoms with Gasteiger partial charge in [-0.1, -0.05) is 26.0 Å². The highest BCUT2D eigenvalue weighted by Gasteiger charge is 2.03. The SMILES string of the molecule is CC(C)CCCOCc1ccc(C=CC(=O)O)cc1F. The minimum atomic E-state index is -1.05. The monoisotopic (exact) mass is 280 g/mol. The Hall–Kier alpha value is -1.68. The summed E-state index contributed by atoms with van der Waals surface area (Å²) in [7, 11) is 0. The molecule has 1 aromatic rings. The number of aliphatic carboxylic acids is 1. The normalized spacial score (nSPS) is 11.4. The van der Waals surface area contributed by atoms with Gasteiger partial charge in [-0.25, -0.2) is 9.18 Å². The Labute approximate surface area is 119 Å². The van der Waals surface area contributed by atoms with Gasteiger partial charge in [0.25, 0.3) is 0 Å². The first-order valence-electron chi connectivity index (χ1n) is 6.76. The van der Waals surface area contributed by atoms with Crippen molar-refractivity contribution in [2.24, 2.45) is 5.92 Å². The van der Waals surface area contributed by atoms with Gasteiger partial charge < -0.3 is 9.84 Å². The summed E-state index contributed by atoms with van der Waals surface area (Å²) in [6, 6.07) is 4.61. The van der Waals surface area contributed by atoms with E-state index in [-0.39, 0.29) is 12.4 Å². The van der Waals surface area contributed by atoms with Gasteiger partial charge in [0.1, 0.15) is 5.82 Å². The molecule has 4 heteroatoms. The third-order valence-corrected chi connectivity index (χ3v) is 2.82. The lowest BCUT2D eigenvalue weighted by Gasteiger charge is -2.07. The Kier molecular flexibility index (Phi) is 6.94. The van der Waals surface area contributed by atoms with E-state index < -0.39 is 5.97 Å². The van der Waals surface area contributed by atoms with E-state index in [9.17, 15) is 9.18 Å². The number of carbonyl (C=O) groups is 1. The van der Waals surface area contributed by atoms with Crippen LogP contribution in [-0.2, 0) is 16.1 Å². The third-order valence-electron chi connectivity index (χ3n) is 2.82. The van der Waals surface area contributed by atoms with E-state index in [0.717, 1.165) is 18.9 Å². The van der Waals surface area contributed by atoms with Crippen molar-refractivity contribution >= 4 is 12.0 Å². The molecule has 0 radical (unpaired) electrons. The summed E-state index contributed by atoms with van der Waals surface area (Å²) in [6.45, 7) is 5.18. The second kappa shape index (κ2) is 8.48. The molecule has 3 nitrogen and oxygen atoms in total. The van der Waals surface area contributed by atoms with Gasteiger partial charge in [0.15, 0.2) is 0 Å². The highest BCUT2D eigenvalue weighted by atomic mass is 19.1. The Bertz CT molecular complexity index is 467. The Balaban J connectivity index is 2.45. The van der Waals surface area contributed by atoms with Crippen LogP contribution in [-0.4, -0.2) is 17.7 Å². The predicted molar refractivity (Wildman–Crippen MR) is 76.8 cm³/mol. The number of carboxylic acid groups (broad SMARTS) is 1. The average molecular weight is 280 g/mol. The smallest absolute Gasteiger partial charge is 0.328 e. The fourth-order valence-electron chi connectivity index (χ4n) is 1.73. The number of carboxylic acids is 1. The van der Waals surface area contributed by atoms with Gasteiger partial charge in [-0.15, -0.1) is 0 Å². The molecule has 0 spiro atoms. The molecule has 1 N–H and O–H groups in total. The highest BCUT2D eigenvalue weighted by molar-refractivity contribution is 5.85. The largest absolute Gasteiger partial charge is 0.478 e. The van der Waals surface area contributed by atoms with E-state index in [0.29, 0.717) is 23.7 Å². The van der Waals surface area contributed by atoms with E-state index >= 15 is 0 Å². The van der Waals surface area contributed by atoms with Crippen LogP contribution in [0.1, 0.15) is 37.8 Å². The van der Waals surface area contributed by atoms with Crippen molar-refractivity contribution in [3.63, 3.8) is 0 Å². The van der Waals surface area contributed by atoms with Crippen molar-refractivity contribution in [2.45, 2.75) is 33.3 Å². The first-order valence-corrected chi connectivity index (χ1v) is 6.76. The second-order valence-corrected chi connectivity index (χ2v) is 5.11. The topological polar surface area (TPSA) is 46.5 Å². The number of ether oxygens (including phenoxy) is 1. The van der Waals surface area contributed by atoms with Crippen LogP contribution in [0.15, 0.2) is 24.3 Å². The molecule has 0 aliphatic heterocycles. The van der Waals surface area contributed by atoms with E-state index in [2.05, 4.69) is 13.8 Å². The van der Waals surface area contributed by atoms with Crippen molar-refractivity contribution < 1.29 is 19.0 Å². The molecule has 0 atom stereocenters. The summed E-state index contributed by atoms with van der Waals surface area (Å²) >= 11 is 0. The first kappa shape index (κ1) is 16.4. The third kappa shape index (κ3) is 6.48. The fourth-order valence-corrected chi connectivity index (χ4v) is 1.73. The van der Waals surface area contributed by atoms with Crippen LogP contribution in [0.25, 0.3) is 6.08 Å². The van der Waals surface area contributed by atoms with Gasteiger partial charge in [0.05, 0.1) is 6.61 Å². The van der Waals surface area contributed by atoms with Crippen LogP contribution in [0.5, 0.6) is 0 Å². The molecule has 20 heavy (non-hydrogen) atoms. The maximum Gasteiger partial charge on any atom is 0.328 e. The summed E-state index contributed by atoms with van der Waals surface area (Å²) in [4.78, 5) is 10.4. The summed E-state index contributed by atoms with van der Waals surface area (Å²) < 4.78 is 19.2. The van der Waals surface area contributed by atoms with Gasteiger partial charge in [-0.2, -0.15) is 0 Å². The van der Waals surface area contributed by atoms with E-state index in [4.69, 9.17) is 9.84 Å². The second-order valence-electron chi connectivity index (χ2n) is 5.11. The van der Waals surface area contributed by atoms with Crippen LogP contribution in [0.4, 0.5) is 4.39 Å². The predicted octanol–water partition coefficient (Wildman–Crippen LogP) is 3.88. The lowest BCUT2D eigenvalue weighted by atomic mass is 10.1. The zero-order valence-corrected chi connectivity index (χ0v) is 11.9. The lowest BCUT2D eigenvalue weighted by Crippen LogP contribution is -2.00. The molecule has 1 rings (SSSR count). The fraction of sp³-hybridized carbons (Fsp3) is 0.438. The summed E-state index contributed by atoms with van der Waals surface area (Å²) in [5.41, 5.74) is 1.01. The zero-order chi connectivity index (χ0) is 15.0. The molecule has 0 heterocycles. The molecule has 1 aromatic carbocycles. The first-order chi connectivity index (χ1) is 9.49. The lowest BCUT2D eigenvalue weighted by molar-refractivity contribution is -0.131. The molecule has 0 bridgehead atoms. The Morgan fingerprint density at radius 1 is 1.45 bits per heavy atom. The molecule has 0 fully saturated rings. The molecule has 0 aliphatic rings. The summed E-state index contributed by atoms with van der Waals surface area (Å²) in [6.07, 6.45) is 4.41. The molecule has 0 saturated heterocycles. The van der Waals surface area contributed by atoms with Crippen molar-refractivity contribution in [2.75, 3.05) is 6.61 Å². The molecule has 0 aliphatic carbocycles. The van der Waals surface area contributed by atoms with E-state index in [1.54, 1.807) is 12.1 Å². The maximum atomic E-state index is 13.8. The van der Waals surface area contributed by atoms with Crippen LogP contribution < -0.4 is 0 Å². The van der Waals surface area contributed by atoms with Crippen LogP contribution in [0, 0.1) is 11.7 Å². The maximum absolute atomic E-state index is 13.8. The number of benzene rings is 1. The molecule has 110 valence electrons. The highest BCUT2D eigenvalue weighted by Crippen LogP contribution is 2.13. The van der Waals surface area contributed by atoms with E-state index in [1.807, 2.05) is 0 Å². The Morgan fingerprint density at radius 3 is 2.80 bits per heavy atom. The molecule has 0 saturated carbocycles. The van der Waals surface area contributed by atoms with Crippen molar-refractivity contribution in [3.05, 3.63) is 41.2 Å². The van der Waals surface area contributed by atoms with Crippen molar-refractivity contribution in [1.82, 2.24) is 0 Å².